The number of hydrogen-bond acceptors (Lipinski definition) is 6. The minimum absolute atomic E-state index is 0.00749. The highest BCUT2D eigenvalue weighted by Gasteiger charge is 2.38. The molecule has 0 aromatic carbocycles. The van der Waals surface area contributed by atoms with Crippen LogP contribution >= 0.6 is 0 Å². The average molecular weight is 577 g/mol. The van der Waals surface area contributed by atoms with Gasteiger partial charge < -0.3 is 24.4 Å². The first-order valence-corrected chi connectivity index (χ1v) is 11.4. The van der Waals surface area contributed by atoms with Gasteiger partial charge in [0.25, 0.3) is 5.91 Å². The van der Waals surface area contributed by atoms with Crippen LogP contribution in [0.15, 0.2) is 36.7 Å². The lowest BCUT2D eigenvalue weighted by Crippen LogP contribution is -2.49. The summed E-state index contributed by atoms with van der Waals surface area (Å²) >= 11 is 0. The molecule has 16 heteroatoms. The maximum Gasteiger partial charge on any atom is 0.490 e. The van der Waals surface area contributed by atoms with Gasteiger partial charge in [0.1, 0.15) is 11.3 Å². The molecule has 1 fully saturated rings. The van der Waals surface area contributed by atoms with Crippen LogP contribution in [0.2, 0.25) is 0 Å². The summed E-state index contributed by atoms with van der Waals surface area (Å²) in [5.41, 5.74) is 5.70. The number of piperazine rings is 1. The van der Waals surface area contributed by atoms with Gasteiger partial charge in [-0.2, -0.15) is 26.3 Å². The first-order chi connectivity index (χ1) is 18.4. The summed E-state index contributed by atoms with van der Waals surface area (Å²) in [4.78, 5) is 43.8. The Balaban J connectivity index is 0.000000333. The van der Waals surface area contributed by atoms with Crippen LogP contribution in [0.3, 0.4) is 0 Å². The van der Waals surface area contributed by atoms with Gasteiger partial charge in [-0.05, 0) is 50.6 Å². The second-order valence-corrected chi connectivity index (χ2v) is 8.59. The molecule has 1 amide bonds. The Morgan fingerprint density at radius 3 is 1.73 bits per heavy atom. The van der Waals surface area contributed by atoms with E-state index < -0.39 is 24.3 Å². The van der Waals surface area contributed by atoms with Crippen molar-refractivity contribution >= 4 is 29.2 Å². The van der Waals surface area contributed by atoms with Crippen molar-refractivity contribution in [3.8, 4) is 0 Å². The minimum atomic E-state index is -5.08. The van der Waals surface area contributed by atoms with Crippen molar-refractivity contribution in [3.05, 3.63) is 59.3 Å². The van der Waals surface area contributed by atoms with Crippen LogP contribution in [0, 0.1) is 20.8 Å². The molecule has 0 spiro atoms. The summed E-state index contributed by atoms with van der Waals surface area (Å²) in [6.45, 7) is 9.10. The molecule has 0 radical (unpaired) electrons. The van der Waals surface area contributed by atoms with Gasteiger partial charge in [-0.25, -0.2) is 14.6 Å². The number of aliphatic carboxylic acids is 2. The molecule has 0 unspecified atom stereocenters. The van der Waals surface area contributed by atoms with Crippen molar-refractivity contribution in [2.24, 2.45) is 0 Å². The Kier molecular flexibility index (Phi) is 10.1. The van der Waals surface area contributed by atoms with Crippen LogP contribution in [0.4, 0.5) is 32.0 Å². The number of anilines is 1. The van der Waals surface area contributed by atoms with Gasteiger partial charge in [0, 0.05) is 55.6 Å². The van der Waals surface area contributed by atoms with Gasteiger partial charge in [-0.3, -0.25) is 9.78 Å². The fourth-order valence-electron chi connectivity index (χ4n) is 3.51. The molecule has 1 saturated heterocycles. The molecule has 4 rings (SSSR count). The van der Waals surface area contributed by atoms with Crippen LogP contribution < -0.4 is 4.90 Å². The maximum atomic E-state index is 12.8. The van der Waals surface area contributed by atoms with E-state index in [0.29, 0.717) is 18.8 Å². The molecule has 1 aliphatic rings. The number of carboxylic acid groups (broad SMARTS) is 2. The van der Waals surface area contributed by atoms with Crippen molar-refractivity contribution in [3.63, 3.8) is 0 Å². The zero-order chi connectivity index (χ0) is 30.4. The molecule has 10 nitrogen and oxygen atoms in total. The normalized spacial score (nSPS) is 13.6. The number of carboxylic acids is 2. The summed E-state index contributed by atoms with van der Waals surface area (Å²) in [6, 6.07) is 8.22. The Morgan fingerprint density at radius 1 is 0.800 bits per heavy atom. The van der Waals surface area contributed by atoms with E-state index in [1.165, 1.54) is 5.69 Å². The Morgan fingerprint density at radius 2 is 1.27 bits per heavy atom. The zero-order valence-electron chi connectivity index (χ0n) is 21.4. The van der Waals surface area contributed by atoms with E-state index in [-0.39, 0.29) is 5.91 Å². The first kappa shape index (κ1) is 31.8. The van der Waals surface area contributed by atoms with E-state index in [4.69, 9.17) is 19.8 Å². The number of halogens is 6. The maximum absolute atomic E-state index is 12.8. The van der Waals surface area contributed by atoms with Gasteiger partial charge in [-0.15, -0.1) is 0 Å². The molecule has 1 aliphatic heterocycles. The molecule has 2 N–H and O–H groups in total. The van der Waals surface area contributed by atoms with Crippen LogP contribution in [0.5, 0.6) is 0 Å². The number of hydrogen-bond donors (Lipinski definition) is 2. The number of carbonyl (C=O) groups is 3. The SMILES string of the molecule is Cc1ccn2cc(C(=O)N3CCN(c4cc(C)nc(C)c4)CC3)nc2c1.O=C(O)C(F)(F)F.O=C(O)C(F)(F)F. The fraction of sp³-hybridized carbons (Fsp3) is 0.375. The minimum Gasteiger partial charge on any atom is -0.475 e. The summed E-state index contributed by atoms with van der Waals surface area (Å²) < 4.78 is 65.4. The molecular formula is C24H25F6N5O5. The monoisotopic (exact) mass is 577 g/mol. The van der Waals surface area contributed by atoms with E-state index in [0.717, 1.165) is 35.7 Å². The standard InChI is InChI=1S/C20H23N5O.2C2HF3O2/c1-14-4-5-25-13-18(22-19(25)10-14)20(26)24-8-6-23(7-9-24)17-11-15(2)21-16(3)12-17;2*3-2(4,5)1(6)7/h4-5,10-13H,6-9H2,1-3H3;2*(H,6,7). The third-order valence-electron chi connectivity index (χ3n) is 5.32. The number of aryl methyl sites for hydroxylation is 3. The molecular weight excluding hydrogens is 552 g/mol. The van der Waals surface area contributed by atoms with Crippen LogP contribution in [-0.4, -0.2) is 85.9 Å². The number of alkyl halides is 6. The second-order valence-electron chi connectivity index (χ2n) is 8.59. The molecule has 3 aromatic heterocycles. The lowest BCUT2D eigenvalue weighted by molar-refractivity contribution is -0.193. The quantitative estimate of drug-likeness (QED) is 0.440. The van der Waals surface area contributed by atoms with Crippen LogP contribution in [0.25, 0.3) is 5.65 Å². The average Bonchev–Trinajstić information content (AvgIpc) is 3.26. The predicted molar refractivity (Wildman–Crippen MR) is 129 cm³/mol. The zero-order valence-corrected chi connectivity index (χ0v) is 21.4. The van der Waals surface area contributed by atoms with Gasteiger partial charge in [-0.1, -0.05) is 0 Å². The van der Waals surface area contributed by atoms with Gasteiger partial charge in [0.15, 0.2) is 0 Å². The molecule has 0 aliphatic carbocycles. The van der Waals surface area contributed by atoms with Gasteiger partial charge in [0.05, 0.1) is 0 Å². The highest BCUT2D eigenvalue weighted by Crippen LogP contribution is 2.20. The molecule has 40 heavy (non-hydrogen) atoms. The highest BCUT2D eigenvalue weighted by atomic mass is 19.4. The Hall–Kier alpha value is -4.37. The van der Waals surface area contributed by atoms with Crippen LogP contribution in [-0.2, 0) is 9.59 Å². The van der Waals surface area contributed by atoms with Crippen LogP contribution in [0.1, 0.15) is 27.4 Å². The molecule has 3 aromatic rings. The molecule has 4 heterocycles. The third kappa shape index (κ3) is 9.13. The molecule has 218 valence electrons. The summed E-state index contributed by atoms with van der Waals surface area (Å²) in [7, 11) is 0. The smallest absolute Gasteiger partial charge is 0.475 e. The number of carbonyl (C=O) groups excluding carboxylic acids is 1. The fourth-order valence-corrected chi connectivity index (χ4v) is 3.51. The summed E-state index contributed by atoms with van der Waals surface area (Å²) in [5, 5.41) is 14.2. The topological polar surface area (TPSA) is 128 Å². The first-order valence-electron chi connectivity index (χ1n) is 11.4. The number of pyridine rings is 2. The van der Waals surface area contributed by atoms with Gasteiger partial charge >= 0.3 is 24.3 Å². The summed E-state index contributed by atoms with van der Waals surface area (Å²) in [6.07, 6.45) is -6.40. The number of rotatable bonds is 2. The second kappa shape index (κ2) is 12.7. The third-order valence-corrected chi connectivity index (χ3v) is 5.32. The lowest BCUT2D eigenvalue weighted by atomic mass is 10.2. The Bertz CT molecular complexity index is 1320. The predicted octanol–water partition coefficient (Wildman–Crippen LogP) is 3.88. The number of aromatic nitrogens is 3. The molecule has 0 bridgehead atoms. The highest BCUT2D eigenvalue weighted by molar-refractivity contribution is 5.93. The van der Waals surface area contributed by atoms with Crippen molar-refractivity contribution in [1.29, 1.82) is 0 Å². The van der Waals surface area contributed by atoms with E-state index in [1.807, 2.05) is 54.6 Å². The largest absolute Gasteiger partial charge is 0.490 e. The number of fused-ring (bicyclic) bond motifs is 1. The van der Waals surface area contributed by atoms with E-state index in [2.05, 4.69) is 27.0 Å². The molecule has 0 atom stereocenters. The van der Waals surface area contributed by atoms with Crippen molar-refractivity contribution < 1.29 is 50.9 Å². The number of imidazole rings is 1. The van der Waals surface area contributed by atoms with Crippen molar-refractivity contribution in [2.75, 3.05) is 31.1 Å². The van der Waals surface area contributed by atoms with E-state index in [9.17, 15) is 31.1 Å². The Labute approximate surface area is 223 Å². The lowest BCUT2D eigenvalue weighted by Gasteiger charge is -2.36. The number of nitrogens with zero attached hydrogens (tertiary/aromatic N) is 5. The van der Waals surface area contributed by atoms with E-state index >= 15 is 0 Å². The van der Waals surface area contributed by atoms with Crippen molar-refractivity contribution in [1.82, 2.24) is 19.3 Å². The van der Waals surface area contributed by atoms with Gasteiger partial charge in [0.2, 0.25) is 0 Å². The van der Waals surface area contributed by atoms with E-state index in [1.54, 1.807) is 0 Å². The summed E-state index contributed by atoms with van der Waals surface area (Å²) in [5.74, 6) is -5.51. The van der Waals surface area contributed by atoms with Crippen molar-refractivity contribution in [2.45, 2.75) is 33.1 Å². The number of amides is 1. The molecule has 0 saturated carbocycles.